The molecule has 1 saturated carbocycles. The van der Waals surface area contributed by atoms with Gasteiger partial charge in [-0.25, -0.2) is 0 Å². The Labute approximate surface area is 112 Å². The summed E-state index contributed by atoms with van der Waals surface area (Å²) in [4.78, 5) is 0. The highest BCUT2D eigenvalue weighted by atomic mass is 31.0. The number of hydrogen-bond acceptors (Lipinski definition) is 0. The van der Waals surface area contributed by atoms with Gasteiger partial charge in [-0.15, -0.1) is 9.24 Å². The smallest absolute Gasteiger partial charge is 0.0381 e. The molecule has 1 aliphatic carbocycles. The number of rotatable bonds is 8. The standard InChI is InChI=1S/C16H33P/c1-3-5-15(6-4-13-17)11-12-16-9-7-14(2)8-10-16/h14-16H,3-13,17H2,1-2H3. The van der Waals surface area contributed by atoms with Gasteiger partial charge in [0, 0.05) is 0 Å². The van der Waals surface area contributed by atoms with E-state index >= 15 is 0 Å². The monoisotopic (exact) mass is 256 g/mol. The van der Waals surface area contributed by atoms with E-state index in [-0.39, 0.29) is 0 Å². The first-order valence-electron chi connectivity index (χ1n) is 7.96. The van der Waals surface area contributed by atoms with Crippen molar-refractivity contribution in [2.45, 2.75) is 78.1 Å². The molecule has 0 aromatic carbocycles. The molecule has 102 valence electrons. The van der Waals surface area contributed by atoms with E-state index in [0.29, 0.717) is 0 Å². The molecule has 0 nitrogen and oxygen atoms in total. The molecule has 0 heterocycles. The predicted molar refractivity (Wildman–Crippen MR) is 82.6 cm³/mol. The van der Waals surface area contributed by atoms with Gasteiger partial charge >= 0.3 is 0 Å². The van der Waals surface area contributed by atoms with Gasteiger partial charge in [0.15, 0.2) is 0 Å². The molecule has 0 bridgehead atoms. The van der Waals surface area contributed by atoms with Crippen molar-refractivity contribution in [3.05, 3.63) is 0 Å². The van der Waals surface area contributed by atoms with E-state index in [1.807, 2.05) is 0 Å². The molecule has 0 aromatic rings. The molecule has 0 spiro atoms. The van der Waals surface area contributed by atoms with Crippen LogP contribution in [0.3, 0.4) is 0 Å². The average molecular weight is 256 g/mol. The SMILES string of the molecule is CCCC(CCCP)CCC1CCC(C)CC1. The molecule has 1 aliphatic rings. The molecule has 0 N–H and O–H groups in total. The quantitative estimate of drug-likeness (QED) is 0.491. The normalized spacial score (nSPS) is 27.0. The summed E-state index contributed by atoms with van der Waals surface area (Å²) in [6.07, 6.45) is 16.1. The van der Waals surface area contributed by atoms with Crippen LogP contribution in [-0.4, -0.2) is 6.16 Å². The lowest BCUT2D eigenvalue weighted by molar-refractivity contribution is 0.254. The summed E-state index contributed by atoms with van der Waals surface area (Å²) >= 11 is 0. The molecule has 0 amide bonds. The van der Waals surface area contributed by atoms with Crippen molar-refractivity contribution in [3.63, 3.8) is 0 Å². The van der Waals surface area contributed by atoms with Crippen LogP contribution in [0.5, 0.6) is 0 Å². The molecular weight excluding hydrogens is 223 g/mol. The Morgan fingerprint density at radius 3 is 2.35 bits per heavy atom. The van der Waals surface area contributed by atoms with Gasteiger partial charge in [0.2, 0.25) is 0 Å². The molecular formula is C16H33P. The minimum Gasteiger partial charge on any atom is -0.138 e. The lowest BCUT2D eigenvalue weighted by Crippen LogP contribution is -2.13. The largest absolute Gasteiger partial charge is 0.138 e. The highest BCUT2D eigenvalue weighted by molar-refractivity contribution is 7.16. The minimum absolute atomic E-state index is 1.01. The zero-order valence-electron chi connectivity index (χ0n) is 12.1. The van der Waals surface area contributed by atoms with Gasteiger partial charge in [-0.3, -0.25) is 0 Å². The Balaban J connectivity index is 2.16. The second kappa shape index (κ2) is 9.37. The van der Waals surface area contributed by atoms with Crippen LogP contribution in [-0.2, 0) is 0 Å². The van der Waals surface area contributed by atoms with Crippen LogP contribution in [0.25, 0.3) is 0 Å². The van der Waals surface area contributed by atoms with Gasteiger partial charge in [0.1, 0.15) is 0 Å². The molecule has 0 radical (unpaired) electrons. The van der Waals surface area contributed by atoms with Gasteiger partial charge < -0.3 is 0 Å². The van der Waals surface area contributed by atoms with Gasteiger partial charge in [-0.05, 0) is 30.3 Å². The van der Waals surface area contributed by atoms with Gasteiger partial charge in [0.05, 0.1) is 0 Å². The second-order valence-corrected chi connectivity index (χ2v) is 6.87. The first-order chi connectivity index (χ1) is 8.26. The molecule has 1 rings (SSSR count). The fourth-order valence-electron chi connectivity index (χ4n) is 3.34. The summed E-state index contributed by atoms with van der Waals surface area (Å²) in [7, 11) is 2.88. The number of hydrogen-bond donors (Lipinski definition) is 0. The van der Waals surface area contributed by atoms with E-state index in [1.54, 1.807) is 0 Å². The summed E-state index contributed by atoms with van der Waals surface area (Å²) in [5.41, 5.74) is 0. The summed E-state index contributed by atoms with van der Waals surface area (Å²) in [6, 6.07) is 0. The maximum absolute atomic E-state index is 2.88. The van der Waals surface area contributed by atoms with Crippen molar-refractivity contribution >= 4 is 9.24 Å². The summed E-state index contributed by atoms with van der Waals surface area (Å²) in [5.74, 6) is 3.11. The highest BCUT2D eigenvalue weighted by Crippen LogP contribution is 2.33. The third kappa shape index (κ3) is 6.80. The molecule has 2 unspecified atom stereocenters. The predicted octanol–water partition coefficient (Wildman–Crippen LogP) is 5.66. The second-order valence-electron chi connectivity index (χ2n) is 6.29. The molecule has 17 heavy (non-hydrogen) atoms. The molecule has 1 heteroatoms. The Kier molecular flexibility index (Phi) is 8.54. The summed E-state index contributed by atoms with van der Waals surface area (Å²) in [6.45, 7) is 4.77. The Morgan fingerprint density at radius 2 is 1.76 bits per heavy atom. The van der Waals surface area contributed by atoms with Crippen LogP contribution in [0.4, 0.5) is 0 Å². The van der Waals surface area contributed by atoms with E-state index in [9.17, 15) is 0 Å². The zero-order valence-corrected chi connectivity index (χ0v) is 13.2. The van der Waals surface area contributed by atoms with Gasteiger partial charge in [0.25, 0.3) is 0 Å². The molecule has 0 saturated heterocycles. The fourth-order valence-corrected chi connectivity index (χ4v) is 3.57. The van der Waals surface area contributed by atoms with Crippen molar-refractivity contribution in [1.82, 2.24) is 0 Å². The molecule has 0 aliphatic heterocycles. The summed E-state index contributed by atoms with van der Waals surface area (Å²) in [5, 5.41) is 0. The van der Waals surface area contributed by atoms with Crippen LogP contribution in [0, 0.1) is 17.8 Å². The van der Waals surface area contributed by atoms with Crippen LogP contribution < -0.4 is 0 Å². The first kappa shape index (κ1) is 15.5. The minimum atomic E-state index is 1.01. The summed E-state index contributed by atoms with van der Waals surface area (Å²) < 4.78 is 0. The topological polar surface area (TPSA) is 0 Å². The average Bonchev–Trinajstić information content (AvgIpc) is 2.35. The van der Waals surface area contributed by atoms with Crippen molar-refractivity contribution in [3.8, 4) is 0 Å². The van der Waals surface area contributed by atoms with Crippen LogP contribution >= 0.6 is 9.24 Å². The highest BCUT2D eigenvalue weighted by Gasteiger charge is 2.19. The fraction of sp³-hybridized carbons (Fsp3) is 1.00. The van der Waals surface area contributed by atoms with E-state index in [1.165, 1.54) is 70.4 Å². The zero-order chi connectivity index (χ0) is 12.5. The maximum atomic E-state index is 2.88. The van der Waals surface area contributed by atoms with Crippen molar-refractivity contribution < 1.29 is 0 Å². The van der Waals surface area contributed by atoms with Gasteiger partial charge in [-0.1, -0.05) is 71.6 Å². The third-order valence-corrected chi connectivity index (χ3v) is 5.04. The van der Waals surface area contributed by atoms with E-state index < -0.39 is 0 Å². The van der Waals surface area contributed by atoms with E-state index in [0.717, 1.165) is 17.8 Å². The van der Waals surface area contributed by atoms with E-state index in [2.05, 4.69) is 23.1 Å². The maximum Gasteiger partial charge on any atom is -0.0381 e. The lowest BCUT2D eigenvalue weighted by atomic mass is 9.79. The molecule has 2 atom stereocenters. The lowest BCUT2D eigenvalue weighted by Gasteiger charge is -2.27. The Morgan fingerprint density at radius 1 is 1.06 bits per heavy atom. The first-order valence-corrected chi connectivity index (χ1v) is 8.78. The van der Waals surface area contributed by atoms with Crippen LogP contribution in [0.15, 0.2) is 0 Å². The van der Waals surface area contributed by atoms with E-state index in [4.69, 9.17) is 0 Å². The van der Waals surface area contributed by atoms with Crippen LogP contribution in [0.1, 0.15) is 78.1 Å². The van der Waals surface area contributed by atoms with Crippen molar-refractivity contribution in [2.24, 2.45) is 17.8 Å². The Hall–Kier alpha value is 0.430. The van der Waals surface area contributed by atoms with Crippen molar-refractivity contribution in [2.75, 3.05) is 6.16 Å². The third-order valence-electron chi connectivity index (χ3n) is 4.63. The van der Waals surface area contributed by atoms with Crippen molar-refractivity contribution in [1.29, 1.82) is 0 Å². The molecule has 0 aromatic heterocycles. The van der Waals surface area contributed by atoms with Gasteiger partial charge in [-0.2, -0.15) is 0 Å². The molecule has 1 fully saturated rings. The Bertz CT molecular complexity index is 170. The van der Waals surface area contributed by atoms with Crippen LogP contribution in [0.2, 0.25) is 0 Å².